The number of aromatic nitrogens is 2. The summed E-state index contributed by atoms with van der Waals surface area (Å²) in [4.78, 5) is 17.0. The number of nitrogens with zero attached hydrogens (tertiary/aromatic N) is 2. The number of thiazole rings is 1. The molecule has 1 N–H and O–H groups in total. The molecule has 6 nitrogen and oxygen atoms in total. The highest BCUT2D eigenvalue weighted by Gasteiger charge is 2.13. The third-order valence-electron chi connectivity index (χ3n) is 4.23. The lowest BCUT2D eigenvalue weighted by molar-refractivity contribution is 0.102. The van der Waals surface area contributed by atoms with Gasteiger partial charge in [-0.2, -0.15) is 0 Å². The number of carbonyl (C=O) groups excluding carboxylic acids is 1. The quantitative estimate of drug-likeness (QED) is 0.475. The standard InChI is InChI=1S/C20H16ClN3O3S/c1-11-16(12(2)27-24-11)10-26-15-5-3-4-13(8-15)19(25)23-20-22-17-7-6-14(21)9-18(17)28-20/h3-9H,10H2,1-2H3,(H,22,23,25). The summed E-state index contributed by atoms with van der Waals surface area (Å²) in [6.07, 6.45) is 0. The van der Waals surface area contributed by atoms with Crippen molar-refractivity contribution in [1.82, 2.24) is 10.1 Å². The van der Waals surface area contributed by atoms with E-state index in [-0.39, 0.29) is 5.91 Å². The van der Waals surface area contributed by atoms with E-state index in [1.165, 1.54) is 11.3 Å². The monoisotopic (exact) mass is 413 g/mol. The molecule has 8 heteroatoms. The number of fused-ring (bicyclic) bond motifs is 1. The fraction of sp³-hybridized carbons (Fsp3) is 0.150. The summed E-state index contributed by atoms with van der Waals surface area (Å²) in [5, 5.41) is 7.89. The van der Waals surface area contributed by atoms with E-state index < -0.39 is 0 Å². The van der Waals surface area contributed by atoms with Crippen LogP contribution >= 0.6 is 22.9 Å². The molecule has 1 amide bonds. The molecule has 2 aromatic carbocycles. The van der Waals surface area contributed by atoms with E-state index in [0.29, 0.717) is 28.1 Å². The minimum atomic E-state index is -0.257. The number of hydrogen-bond acceptors (Lipinski definition) is 6. The van der Waals surface area contributed by atoms with Crippen LogP contribution < -0.4 is 10.1 Å². The van der Waals surface area contributed by atoms with E-state index in [4.69, 9.17) is 20.9 Å². The third kappa shape index (κ3) is 3.85. The smallest absolute Gasteiger partial charge is 0.257 e. The van der Waals surface area contributed by atoms with Gasteiger partial charge in [0.05, 0.1) is 21.5 Å². The summed E-state index contributed by atoms with van der Waals surface area (Å²) in [6.45, 7) is 4.03. The number of halogens is 1. The molecule has 0 fully saturated rings. The number of hydrogen-bond donors (Lipinski definition) is 1. The Hall–Kier alpha value is -2.90. The van der Waals surface area contributed by atoms with Crippen molar-refractivity contribution in [3.05, 3.63) is 70.1 Å². The Balaban J connectivity index is 1.47. The van der Waals surface area contributed by atoms with Crippen LogP contribution in [-0.4, -0.2) is 16.0 Å². The van der Waals surface area contributed by atoms with Crippen molar-refractivity contribution in [2.45, 2.75) is 20.5 Å². The van der Waals surface area contributed by atoms with E-state index in [1.807, 2.05) is 26.0 Å². The van der Waals surface area contributed by atoms with Gasteiger partial charge in [0.25, 0.3) is 5.91 Å². The van der Waals surface area contributed by atoms with Gasteiger partial charge in [-0.15, -0.1) is 0 Å². The molecule has 0 saturated heterocycles. The molecule has 0 radical (unpaired) electrons. The highest BCUT2D eigenvalue weighted by Crippen LogP contribution is 2.28. The largest absolute Gasteiger partial charge is 0.489 e. The number of aryl methyl sites for hydroxylation is 2. The van der Waals surface area contributed by atoms with Crippen LogP contribution in [0.1, 0.15) is 27.4 Å². The second-order valence-electron chi connectivity index (χ2n) is 6.20. The predicted molar refractivity (Wildman–Crippen MR) is 109 cm³/mol. The first-order valence-electron chi connectivity index (χ1n) is 8.51. The lowest BCUT2D eigenvalue weighted by Crippen LogP contribution is -2.11. The Morgan fingerprint density at radius 3 is 2.89 bits per heavy atom. The van der Waals surface area contributed by atoms with Crippen LogP contribution in [-0.2, 0) is 6.61 Å². The summed E-state index contributed by atoms with van der Waals surface area (Å²) in [5.74, 6) is 1.05. The zero-order chi connectivity index (χ0) is 19.7. The van der Waals surface area contributed by atoms with Crippen molar-refractivity contribution >= 4 is 44.2 Å². The first kappa shape index (κ1) is 18.5. The van der Waals surface area contributed by atoms with Gasteiger partial charge in [-0.1, -0.05) is 34.2 Å². The minimum Gasteiger partial charge on any atom is -0.489 e. The fourth-order valence-electron chi connectivity index (χ4n) is 2.71. The van der Waals surface area contributed by atoms with E-state index in [2.05, 4.69) is 15.5 Å². The van der Waals surface area contributed by atoms with Gasteiger partial charge in [0.15, 0.2) is 5.13 Å². The van der Waals surface area contributed by atoms with E-state index >= 15 is 0 Å². The number of benzene rings is 2. The molecule has 0 spiro atoms. The number of ether oxygens (including phenoxy) is 1. The van der Waals surface area contributed by atoms with Crippen LogP contribution in [0.3, 0.4) is 0 Å². The lowest BCUT2D eigenvalue weighted by Gasteiger charge is -2.08. The molecule has 2 heterocycles. The molecule has 28 heavy (non-hydrogen) atoms. The van der Waals surface area contributed by atoms with Crippen molar-refractivity contribution in [3.63, 3.8) is 0 Å². The SMILES string of the molecule is Cc1noc(C)c1COc1cccc(C(=O)Nc2nc3ccc(Cl)cc3s2)c1. The molecule has 0 saturated carbocycles. The highest BCUT2D eigenvalue weighted by atomic mass is 35.5. The maximum Gasteiger partial charge on any atom is 0.257 e. The molecule has 0 aliphatic carbocycles. The van der Waals surface area contributed by atoms with Crippen LogP contribution in [0, 0.1) is 13.8 Å². The first-order chi connectivity index (χ1) is 13.5. The van der Waals surface area contributed by atoms with Gasteiger partial charge in [-0.25, -0.2) is 4.98 Å². The van der Waals surface area contributed by atoms with Crippen molar-refractivity contribution in [3.8, 4) is 5.75 Å². The summed E-state index contributed by atoms with van der Waals surface area (Å²) >= 11 is 7.38. The zero-order valence-electron chi connectivity index (χ0n) is 15.2. The Labute approximate surface area is 170 Å². The van der Waals surface area contributed by atoms with Crippen LogP contribution in [0.5, 0.6) is 5.75 Å². The fourth-order valence-corrected chi connectivity index (χ4v) is 3.85. The van der Waals surface area contributed by atoms with Crippen molar-refractivity contribution in [2.24, 2.45) is 0 Å². The summed E-state index contributed by atoms with van der Waals surface area (Å²) in [7, 11) is 0. The zero-order valence-corrected chi connectivity index (χ0v) is 16.7. The molecular formula is C20H16ClN3O3S. The van der Waals surface area contributed by atoms with Gasteiger partial charge in [-0.05, 0) is 50.2 Å². The predicted octanol–water partition coefficient (Wildman–Crippen LogP) is 5.39. The average molecular weight is 414 g/mol. The molecule has 142 valence electrons. The molecule has 0 aliphatic heterocycles. The van der Waals surface area contributed by atoms with Gasteiger partial charge >= 0.3 is 0 Å². The van der Waals surface area contributed by atoms with Gasteiger partial charge in [0, 0.05) is 10.6 Å². The maximum atomic E-state index is 12.6. The number of anilines is 1. The van der Waals surface area contributed by atoms with Crippen LogP contribution in [0.2, 0.25) is 5.02 Å². The van der Waals surface area contributed by atoms with Crippen LogP contribution in [0.25, 0.3) is 10.2 Å². The normalized spacial score (nSPS) is 11.0. The Morgan fingerprint density at radius 2 is 2.11 bits per heavy atom. The second kappa shape index (κ2) is 7.61. The molecule has 0 bridgehead atoms. The van der Waals surface area contributed by atoms with Gasteiger partial charge in [0.1, 0.15) is 18.1 Å². The Kier molecular flexibility index (Phi) is 5.02. The van der Waals surface area contributed by atoms with Crippen LogP contribution in [0.15, 0.2) is 47.0 Å². The van der Waals surface area contributed by atoms with Crippen LogP contribution in [0.4, 0.5) is 5.13 Å². The van der Waals surface area contributed by atoms with E-state index in [9.17, 15) is 4.79 Å². The highest BCUT2D eigenvalue weighted by molar-refractivity contribution is 7.22. The van der Waals surface area contributed by atoms with Gasteiger partial charge in [0.2, 0.25) is 0 Å². The average Bonchev–Trinajstić information content (AvgIpc) is 3.22. The minimum absolute atomic E-state index is 0.257. The van der Waals surface area contributed by atoms with Crippen molar-refractivity contribution < 1.29 is 14.1 Å². The first-order valence-corrected chi connectivity index (χ1v) is 9.71. The lowest BCUT2D eigenvalue weighted by atomic mass is 10.2. The summed E-state index contributed by atoms with van der Waals surface area (Å²) < 4.78 is 11.9. The van der Waals surface area contributed by atoms with E-state index in [0.717, 1.165) is 27.2 Å². The number of amides is 1. The molecule has 4 rings (SSSR count). The molecule has 4 aromatic rings. The molecule has 2 aromatic heterocycles. The third-order valence-corrected chi connectivity index (χ3v) is 5.40. The van der Waals surface area contributed by atoms with Crippen molar-refractivity contribution in [1.29, 1.82) is 0 Å². The number of carbonyl (C=O) groups is 1. The van der Waals surface area contributed by atoms with E-state index in [1.54, 1.807) is 30.3 Å². The maximum absolute atomic E-state index is 12.6. The molecule has 0 aliphatic rings. The second-order valence-corrected chi connectivity index (χ2v) is 7.67. The Bertz CT molecular complexity index is 1150. The van der Waals surface area contributed by atoms with Crippen molar-refractivity contribution in [2.75, 3.05) is 5.32 Å². The summed E-state index contributed by atoms with van der Waals surface area (Å²) in [5.41, 5.74) is 2.97. The topological polar surface area (TPSA) is 77.2 Å². The molecule has 0 unspecified atom stereocenters. The Morgan fingerprint density at radius 1 is 1.25 bits per heavy atom. The number of rotatable bonds is 5. The molecular weight excluding hydrogens is 398 g/mol. The molecule has 0 atom stereocenters. The van der Waals surface area contributed by atoms with Gasteiger partial charge in [-0.3, -0.25) is 10.1 Å². The number of nitrogens with one attached hydrogen (secondary N) is 1. The summed E-state index contributed by atoms with van der Waals surface area (Å²) in [6, 6.07) is 12.4. The van der Waals surface area contributed by atoms with Gasteiger partial charge < -0.3 is 9.26 Å².